The average molecular weight is 358 g/mol. The van der Waals surface area contributed by atoms with Gasteiger partial charge >= 0.3 is 6.03 Å². The molecule has 1 aromatic heterocycles. The molecule has 1 aliphatic carbocycles. The Hall–Kier alpha value is -1.11. The molecule has 1 fully saturated rings. The molecular formula is C16H24ClN3O2S. The Morgan fingerprint density at radius 2 is 2.09 bits per heavy atom. The van der Waals surface area contributed by atoms with Crippen molar-refractivity contribution in [1.82, 2.24) is 15.5 Å². The first kappa shape index (κ1) is 18.2. The molecule has 7 heteroatoms. The lowest BCUT2D eigenvalue weighted by Crippen LogP contribution is -2.49. The summed E-state index contributed by atoms with van der Waals surface area (Å²) < 4.78 is 0.735. The maximum absolute atomic E-state index is 11.9. The van der Waals surface area contributed by atoms with Crippen molar-refractivity contribution in [3.8, 4) is 0 Å². The van der Waals surface area contributed by atoms with Crippen molar-refractivity contribution in [2.75, 3.05) is 13.6 Å². The van der Waals surface area contributed by atoms with Crippen LogP contribution in [0.15, 0.2) is 12.1 Å². The number of urea groups is 1. The lowest BCUT2D eigenvalue weighted by molar-refractivity contribution is -0.121. The fourth-order valence-electron chi connectivity index (χ4n) is 2.91. The Kier molecular flexibility index (Phi) is 6.87. The predicted molar refractivity (Wildman–Crippen MR) is 93.8 cm³/mol. The van der Waals surface area contributed by atoms with Gasteiger partial charge in [0.2, 0.25) is 5.91 Å². The van der Waals surface area contributed by atoms with Crippen LogP contribution in [0.5, 0.6) is 0 Å². The van der Waals surface area contributed by atoms with Gasteiger partial charge in [0.1, 0.15) is 0 Å². The van der Waals surface area contributed by atoms with Crippen molar-refractivity contribution >= 4 is 34.9 Å². The first-order valence-corrected chi connectivity index (χ1v) is 9.16. The summed E-state index contributed by atoms with van der Waals surface area (Å²) in [7, 11) is 1.84. The minimum atomic E-state index is -0.388. The molecule has 1 aromatic rings. The topological polar surface area (TPSA) is 61.4 Å². The van der Waals surface area contributed by atoms with Gasteiger partial charge in [0.15, 0.2) is 0 Å². The van der Waals surface area contributed by atoms with E-state index in [1.807, 2.05) is 24.1 Å². The van der Waals surface area contributed by atoms with Gasteiger partial charge in [-0.3, -0.25) is 15.0 Å². The molecule has 2 unspecified atom stereocenters. The van der Waals surface area contributed by atoms with E-state index in [2.05, 4.69) is 17.6 Å². The summed E-state index contributed by atoms with van der Waals surface area (Å²) in [6.07, 6.45) is 4.47. The highest BCUT2D eigenvalue weighted by Gasteiger charge is 2.23. The van der Waals surface area contributed by atoms with Crippen LogP contribution in [0.4, 0.5) is 4.79 Å². The molecule has 2 rings (SSSR count). The summed E-state index contributed by atoms with van der Waals surface area (Å²) >= 11 is 7.38. The zero-order chi connectivity index (χ0) is 16.8. The molecule has 1 heterocycles. The van der Waals surface area contributed by atoms with Gasteiger partial charge in [-0.1, -0.05) is 31.4 Å². The average Bonchev–Trinajstić information content (AvgIpc) is 2.86. The Morgan fingerprint density at radius 1 is 1.35 bits per heavy atom. The largest absolute Gasteiger partial charge is 0.335 e. The van der Waals surface area contributed by atoms with Crippen LogP contribution in [-0.4, -0.2) is 36.5 Å². The summed E-state index contributed by atoms with van der Waals surface area (Å²) in [6.45, 7) is 2.95. The van der Waals surface area contributed by atoms with Crippen molar-refractivity contribution in [3.63, 3.8) is 0 Å². The van der Waals surface area contributed by atoms with Gasteiger partial charge in [0.25, 0.3) is 0 Å². The number of carbonyl (C=O) groups excluding carboxylic acids is 2. The Labute approximate surface area is 146 Å². The fraction of sp³-hybridized carbons (Fsp3) is 0.625. The van der Waals surface area contributed by atoms with E-state index in [1.54, 1.807) is 0 Å². The second-order valence-corrected chi connectivity index (χ2v) is 8.07. The van der Waals surface area contributed by atoms with E-state index in [0.29, 0.717) is 12.5 Å². The van der Waals surface area contributed by atoms with Gasteiger partial charge in [-0.25, -0.2) is 4.79 Å². The van der Waals surface area contributed by atoms with Crippen LogP contribution in [0.3, 0.4) is 0 Å². The smallest absolute Gasteiger partial charge is 0.321 e. The lowest BCUT2D eigenvalue weighted by atomic mass is 9.86. The predicted octanol–water partition coefficient (Wildman–Crippen LogP) is 3.24. The normalized spacial score (nSPS) is 21.2. The van der Waals surface area contributed by atoms with E-state index in [4.69, 9.17) is 11.6 Å². The highest BCUT2D eigenvalue weighted by Crippen LogP contribution is 2.23. The molecule has 0 spiro atoms. The molecule has 3 amide bonds. The molecule has 2 atom stereocenters. The molecule has 128 valence electrons. The van der Waals surface area contributed by atoms with E-state index in [-0.39, 0.29) is 24.5 Å². The van der Waals surface area contributed by atoms with Gasteiger partial charge in [-0.15, -0.1) is 11.3 Å². The highest BCUT2D eigenvalue weighted by molar-refractivity contribution is 7.16. The van der Waals surface area contributed by atoms with Gasteiger partial charge in [-0.2, -0.15) is 0 Å². The summed E-state index contributed by atoms with van der Waals surface area (Å²) in [4.78, 5) is 26.8. The third-order valence-electron chi connectivity index (χ3n) is 4.15. The van der Waals surface area contributed by atoms with Gasteiger partial charge < -0.3 is 5.32 Å². The van der Waals surface area contributed by atoms with Gasteiger partial charge in [0.05, 0.1) is 10.9 Å². The van der Waals surface area contributed by atoms with E-state index < -0.39 is 0 Å². The number of amides is 3. The highest BCUT2D eigenvalue weighted by atomic mass is 35.5. The third-order valence-corrected chi connectivity index (χ3v) is 5.36. The Bertz CT molecular complexity index is 549. The number of carbonyl (C=O) groups is 2. The molecule has 0 bridgehead atoms. The maximum atomic E-state index is 11.9. The molecule has 0 saturated heterocycles. The van der Waals surface area contributed by atoms with Crippen LogP contribution < -0.4 is 10.6 Å². The van der Waals surface area contributed by atoms with E-state index in [1.165, 1.54) is 17.8 Å². The van der Waals surface area contributed by atoms with Crippen molar-refractivity contribution in [1.29, 1.82) is 0 Å². The maximum Gasteiger partial charge on any atom is 0.321 e. The first-order chi connectivity index (χ1) is 10.9. The quantitative estimate of drug-likeness (QED) is 0.850. The van der Waals surface area contributed by atoms with Crippen molar-refractivity contribution in [3.05, 3.63) is 21.3 Å². The molecule has 0 aromatic carbocycles. The Balaban J connectivity index is 1.71. The summed E-state index contributed by atoms with van der Waals surface area (Å²) in [6, 6.07) is 3.57. The number of nitrogens with one attached hydrogen (secondary N) is 2. The number of hydrogen-bond acceptors (Lipinski definition) is 4. The number of imide groups is 1. The second-order valence-electron chi connectivity index (χ2n) is 6.27. The molecule has 0 aliphatic heterocycles. The molecule has 5 nitrogen and oxygen atoms in total. The van der Waals surface area contributed by atoms with Gasteiger partial charge in [0, 0.05) is 17.5 Å². The standard InChI is InChI=1S/C16H24ClN3O2S/c1-11-5-3-4-6-13(11)18-16(22)19-15(21)10-20(2)9-12-7-8-14(17)23-12/h7-8,11,13H,3-6,9-10H2,1-2H3,(H2,18,19,21,22). The lowest BCUT2D eigenvalue weighted by Gasteiger charge is -2.29. The fourth-order valence-corrected chi connectivity index (χ4v) is 4.07. The number of thiophene rings is 1. The third kappa shape index (κ3) is 6.12. The molecule has 0 radical (unpaired) electrons. The number of rotatable bonds is 5. The number of halogens is 1. The zero-order valence-electron chi connectivity index (χ0n) is 13.6. The molecule has 23 heavy (non-hydrogen) atoms. The SMILES string of the molecule is CC1CCCCC1NC(=O)NC(=O)CN(C)Cc1ccc(Cl)s1. The summed E-state index contributed by atoms with van der Waals surface area (Å²) in [5, 5.41) is 5.34. The second kappa shape index (κ2) is 8.66. The number of likely N-dealkylation sites (N-methyl/N-ethyl adjacent to an activating group) is 1. The molecule has 1 saturated carbocycles. The van der Waals surface area contributed by atoms with Crippen LogP contribution >= 0.6 is 22.9 Å². The zero-order valence-corrected chi connectivity index (χ0v) is 15.2. The van der Waals surface area contributed by atoms with E-state index in [0.717, 1.165) is 28.5 Å². The van der Waals surface area contributed by atoms with E-state index in [9.17, 15) is 9.59 Å². The van der Waals surface area contributed by atoms with Gasteiger partial charge in [-0.05, 0) is 37.9 Å². The van der Waals surface area contributed by atoms with Crippen molar-refractivity contribution in [2.45, 2.75) is 45.2 Å². The summed E-state index contributed by atoms with van der Waals surface area (Å²) in [5.41, 5.74) is 0. The Morgan fingerprint density at radius 3 is 2.74 bits per heavy atom. The minimum absolute atomic E-state index is 0.169. The molecule has 2 N–H and O–H groups in total. The number of hydrogen-bond donors (Lipinski definition) is 2. The molecular weight excluding hydrogens is 334 g/mol. The minimum Gasteiger partial charge on any atom is -0.335 e. The van der Waals surface area contributed by atoms with Crippen LogP contribution in [0.1, 0.15) is 37.5 Å². The molecule has 1 aliphatic rings. The van der Waals surface area contributed by atoms with E-state index >= 15 is 0 Å². The van der Waals surface area contributed by atoms with Crippen LogP contribution in [-0.2, 0) is 11.3 Å². The van der Waals surface area contributed by atoms with Crippen molar-refractivity contribution in [2.24, 2.45) is 5.92 Å². The first-order valence-electron chi connectivity index (χ1n) is 7.97. The number of nitrogens with zero attached hydrogens (tertiary/aromatic N) is 1. The summed E-state index contributed by atoms with van der Waals surface area (Å²) in [5.74, 6) is 0.173. The van der Waals surface area contributed by atoms with Crippen molar-refractivity contribution < 1.29 is 9.59 Å². The van der Waals surface area contributed by atoms with Crippen LogP contribution in [0, 0.1) is 5.92 Å². The van der Waals surface area contributed by atoms with Crippen LogP contribution in [0.2, 0.25) is 4.34 Å². The van der Waals surface area contributed by atoms with Crippen LogP contribution in [0.25, 0.3) is 0 Å². The monoisotopic (exact) mass is 357 g/mol.